The fourth-order valence-electron chi connectivity index (χ4n) is 2.42. The monoisotopic (exact) mass is 295 g/mol. The van der Waals surface area contributed by atoms with E-state index in [1.54, 1.807) is 0 Å². The molecule has 0 N–H and O–H groups in total. The Morgan fingerprint density at radius 1 is 1.19 bits per heavy atom. The maximum absolute atomic E-state index is 13.6. The fourth-order valence-corrected chi connectivity index (χ4v) is 2.42. The number of rotatable bonds is 5. The molecule has 0 aliphatic carbocycles. The molecule has 0 saturated carbocycles. The van der Waals surface area contributed by atoms with Gasteiger partial charge in [-0.25, -0.2) is 8.78 Å². The van der Waals surface area contributed by atoms with E-state index >= 15 is 0 Å². The van der Waals surface area contributed by atoms with Crippen LogP contribution in [0.3, 0.4) is 0 Å². The van der Waals surface area contributed by atoms with Crippen molar-refractivity contribution in [1.29, 1.82) is 5.26 Å². The number of unbranched alkanes of at least 4 members (excludes halogenated alkanes) is 2. The molecule has 0 amide bonds. The van der Waals surface area contributed by atoms with E-state index in [0.29, 0.717) is 19.1 Å². The lowest BCUT2D eigenvalue weighted by molar-refractivity contribution is -0.206. The molecule has 1 aromatic carbocycles. The van der Waals surface area contributed by atoms with Gasteiger partial charge in [-0.2, -0.15) is 5.26 Å². The third-order valence-electron chi connectivity index (χ3n) is 3.63. The van der Waals surface area contributed by atoms with Gasteiger partial charge in [0.1, 0.15) is 23.3 Å². The van der Waals surface area contributed by atoms with Gasteiger partial charge in [-0.15, -0.1) is 0 Å². The van der Waals surface area contributed by atoms with Crippen molar-refractivity contribution in [3.05, 3.63) is 34.9 Å². The average Bonchev–Trinajstić information content (AvgIpc) is 2.48. The summed E-state index contributed by atoms with van der Waals surface area (Å²) in [6.45, 7) is 3.20. The summed E-state index contributed by atoms with van der Waals surface area (Å²) in [7, 11) is 0. The molecule has 1 aromatic rings. The SMILES string of the molecule is CCCCC[C@H]1CO[C@H](c2cc(F)c(C#N)c(F)c2)OC1. The average molecular weight is 295 g/mol. The van der Waals surface area contributed by atoms with E-state index in [1.807, 2.05) is 0 Å². The third-order valence-corrected chi connectivity index (χ3v) is 3.63. The second kappa shape index (κ2) is 7.48. The minimum Gasteiger partial charge on any atom is -0.348 e. The first-order valence-corrected chi connectivity index (χ1v) is 7.28. The number of hydrogen-bond donors (Lipinski definition) is 0. The molecule has 0 unspecified atom stereocenters. The van der Waals surface area contributed by atoms with Crippen molar-refractivity contribution >= 4 is 0 Å². The zero-order valence-corrected chi connectivity index (χ0v) is 12.1. The van der Waals surface area contributed by atoms with E-state index in [9.17, 15) is 8.78 Å². The zero-order chi connectivity index (χ0) is 15.2. The molecule has 1 fully saturated rings. The quantitative estimate of drug-likeness (QED) is 0.769. The Hall–Kier alpha value is -1.51. The van der Waals surface area contributed by atoms with Gasteiger partial charge in [0.05, 0.1) is 13.2 Å². The molecule has 1 heterocycles. The second-order valence-corrected chi connectivity index (χ2v) is 5.33. The fraction of sp³-hybridized carbons (Fsp3) is 0.562. The summed E-state index contributed by atoms with van der Waals surface area (Å²) in [6, 6.07) is 3.70. The van der Waals surface area contributed by atoms with Crippen molar-refractivity contribution in [2.24, 2.45) is 5.92 Å². The minimum absolute atomic E-state index is 0.274. The summed E-state index contributed by atoms with van der Waals surface area (Å²) < 4.78 is 38.3. The molecule has 1 aliphatic heterocycles. The lowest BCUT2D eigenvalue weighted by atomic mass is 10.0. The van der Waals surface area contributed by atoms with Gasteiger partial charge in [-0.05, 0) is 18.6 Å². The van der Waals surface area contributed by atoms with Gasteiger partial charge < -0.3 is 9.47 Å². The number of benzene rings is 1. The Bertz CT molecular complexity index is 496. The maximum Gasteiger partial charge on any atom is 0.184 e. The van der Waals surface area contributed by atoms with Gasteiger partial charge in [0.25, 0.3) is 0 Å². The van der Waals surface area contributed by atoms with Gasteiger partial charge in [-0.1, -0.05) is 26.2 Å². The van der Waals surface area contributed by atoms with Crippen LogP contribution in [0, 0.1) is 28.9 Å². The number of ether oxygens (including phenoxy) is 2. The van der Waals surface area contributed by atoms with Crippen molar-refractivity contribution in [3.63, 3.8) is 0 Å². The molecular formula is C16H19F2NO2. The molecule has 2 rings (SSSR count). The largest absolute Gasteiger partial charge is 0.348 e. The molecule has 0 spiro atoms. The molecule has 0 atom stereocenters. The molecule has 5 heteroatoms. The van der Waals surface area contributed by atoms with E-state index in [0.717, 1.165) is 25.0 Å². The van der Waals surface area contributed by atoms with Crippen molar-refractivity contribution in [1.82, 2.24) is 0 Å². The summed E-state index contributed by atoms with van der Waals surface area (Å²) >= 11 is 0. The Morgan fingerprint density at radius 3 is 2.33 bits per heavy atom. The highest BCUT2D eigenvalue weighted by Gasteiger charge is 2.25. The van der Waals surface area contributed by atoms with Crippen LogP contribution in [-0.4, -0.2) is 13.2 Å². The molecule has 21 heavy (non-hydrogen) atoms. The van der Waals surface area contributed by atoms with E-state index < -0.39 is 23.5 Å². The van der Waals surface area contributed by atoms with Crippen molar-refractivity contribution in [2.75, 3.05) is 13.2 Å². The summed E-state index contributed by atoms with van der Waals surface area (Å²) in [5, 5.41) is 8.65. The van der Waals surface area contributed by atoms with Crippen LogP contribution in [0.4, 0.5) is 8.78 Å². The van der Waals surface area contributed by atoms with Gasteiger partial charge in [-0.3, -0.25) is 0 Å². The Balaban J connectivity index is 1.95. The normalized spacial score (nSPS) is 22.0. The molecule has 3 nitrogen and oxygen atoms in total. The Morgan fingerprint density at radius 2 is 1.81 bits per heavy atom. The second-order valence-electron chi connectivity index (χ2n) is 5.33. The first-order chi connectivity index (χ1) is 10.2. The Kier molecular flexibility index (Phi) is 5.66. The van der Waals surface area contributed by atoms with Crippen molar-refractivity contribution in [3.8, 4) is 6.07 Å². The smallest absolute Gasteiger partial charge is 0.184 e. The number of nitriles is 1. The maximum atomic E-state index is 13.6. The minimum atomic E-state index is -0.884. The summed E-state index contributed by atoms with van der Waals surface area (Å²) in [5.74, 6) is -1.43. The highest BCUT2D eigenvalue weighted by molar-refractivity contribution is 5.35. The van der Waals surface area contributed by atoms with Gasteiger partial charge in [0.15, 0.2) is 6.29 Å². The van der Waals surface area contributed by atoms with Crippen LogP contribution in [0.1, 0.15) is 50.0 Å². The number of hydrogen-bond acceptors (Lipinski definition) is 3. The van der Waals surface area contributed by atoms with Crippen LogP contribution in [0.2, 0.25) is 0 Å². The van der Waals surface area contributed by atoms with E-state index in [4.69, 9.17) is 14.7 Å². The van der Waals surface area contributed by atoms with E-state index in [2.05, 4.69) is 6.92 Å². The van der Waals surface area contributed by atoms with Crippen molar-refractivity contribution in [2.45, 2.75) is 38.9 Å². The third kappa shape index (κ3) is 3.99. The molecule has 1 aliphatic rings. The first kappa shape index (κ1) is 15.9. The molecule has 0 bridgehead atoms. The molecular weight excluding hydrogens is 276 g/mol. The highest BCUT2D eigenvalue weighted by atomic mass is 19.1. The van der Waals surface area contributed by atoms with Crippen LogP contribution in [0.25, 0.3) is 0 Å². The van der Waals surface area contributed by atoms with Gasteiger partial charge >= 0.3 is 0 Å². The van der Waals surface area contributed by atoms with Gasteiger partial charge in [0.2, 0.25) is 0 Å². The van der Waals surface area contributed by atoms with Crippen molar-refractivity contribution < 1.29 is 18.3 Å². The predicted octanol–water partition coefficient (Wildman–Crippen LogP) is 4.08. The van der Waals surface area contributed by atoms with Crippen LogP contribution < -0.4 is 0 Å². The standard InChI is InChI=1S/C16H19F2NO2/c1-2-3-4-5-11-9-20-16(21-10-11)12-6-14(17)13(8-19)15(18)7-12/h6-7,11,16H,2-5,9-10H2,1H3/t11-,16-. The summed E-state index contributed by atoms with van der Waals surface area (Å²) in [6.07, 6.45) is 3.77. The number of halogens is 2. The van der Waals surface area contributed by atoms with Crippen LogP contribution in [0.15, 0.2) is 12.1 Å². The van der Waals surface area contributed by atoms with E-state index in [1.165, 1.54) is 18.9 Å². The Labute approximate surface area is 123 Å². The predicted molar refractivity (Wildman–Crippen MR) is 73.4 cm³/mol. The van der Waals surface area contributed by atoms with Crippen LogP contribution >= 0.6 is 0 Å². The lowest BCUT2D eigenvalue weighted by Gasteiger charge is -2.29. The first-order valence-electron chi connectivity index (χ1n) is 7.28. The lowest BCUT2D eigenvalue weighted by Crippen LogP contribution is -2.27. The molecule has 1 saturated heterocycles. The van der Waals surface area contributed by atoms with Crippen LogP contribution in [0.5, 0.6) is 0 Å². The molecule has 0 aromatic heterocycles. The molecule has 114 valence electrons. The van der Waals surface area contributed by atoms with Crippen LogP contribution in [-0.2, 0) is 9.47 Å². The molecule has 0 radical (unpaired) electrons. The summed E-state index contributed by atoms with van der Waals surface area (Å²) in [5.41, 5.74) is -0.303. The zero-order valence-electron chi connectivity index (χ0n) is 12.1. The van der Waals surface area contributed by atoms with Gasteiger partial charge in [0, 0.05) is 11.5 Å². The van der Waals surface area contributed by atoms with E-state index in [-0.39, 0.29) is 5.56 Å². The number of nitrogens with zero attached hydrogens (tertiary/aromatic N) is 1. The highest BCUT2D eigenvalue weighted by Crippen LogP contribution is 2.29. The topological polar surface area (TPSA) is 42.2 Å². The summed E-state index contributed by atoms with van der Waals surface area (Å²) in [4.78, 5) is 0.